The van der Waals surface area contributed by atoms with Crippen molar-refractivity contribution in [1.29, 1.82) is 0 Å². The van der Waals surface area contributed by atoms with E-state index in [1.165, 1.54) is 12.8 Å². The average molecular weight is 379 g/mol. The molecule has 28 heavy (non-hydrogen) atoms. The number of nitrogens with zero attached hydrogens (tertiary/aromatic N) is 4. The lowest BCUT2D eigenvalue weighted by atomic mass is 10.1. The van der Waals surface area contributed by atoms with E-state index in [0.717, 1.165) is 16.8 Å². The van der Waals surface area contributed by atoms with Gasteiger partial charge in [-0.1, -0.05) is 5.16 Å². The molecular weight excluding hydrogens is 358 g/mol. The number of ether oxygens (including phenoxy) is 1. The van der Waals surface area contributed by atoms with Gasteiger partial charge in [-0.25, -0.2) is 0 Å². The van der Waals surface area contributed by atoms with Crippen molar-refractivity contribution >= 4 is 5.91 Å². The third kappa shape index (κ3) is 4.16. The van der Waals surface area contributed by atoms with Gasteiger partial charge in [0, 0.05) is 30.1 Å². The van der Waals surface area contributed by atoms with Crippen LogP contribution in [0.3, 0.4) is 0 Å². The number of aromatic nitrogens is 4. The van der Waals surface area contributed by atoms with Crippen molar-refractivity contribution in [2.75, 3.05) is 6.54 Å². The molecule has 0 saturated heterocycles. The van der Waals surface area contributed by atoms with Crippen LogP contribution in [-0.2, 0) is 6.61 Å². The predicted octanol–water partition coefficient (Wildman–Crippen LogP) is 2.86. The largest absolute Gasteiger partial charge is 0.472 e. The van der Waals surface area contributed by atoms with Gasteiger partial charge in [0.15, 0.2) is 5.69 Å². The third-order valence-electron chi connectivity index (χ3n) is 4.65. The first-order chi connectivity index (χ1) is 13.6. The summed E-state index contributed by atoms with van der Waals surface area (Å²) in [6.07, 6.45) is 4.12. The van der Waals surface area contributed by atoms with Gasteiger partial charge in [0.25, 0.3) is 5.91 Å². The van der Waals surface area contributed by atoms with E-state index in [9.17, 15) is 4.79 Å². The Morgan fingerprint density at radius 2 is 2.07 bits per heavy atom. The van der Waals surface area contributed by atoms with Crippen LogP contribution in [0.1, 0.15) is 40.3 Å². The second-order valence-electron chi connectivity index (χ2n) is 6.95. The molecule has 0 unspecified atom stereocenters. The minimum atomic E-state index is -0.213. The molecule has 1 aliphatic carbocycles. The van der Waals surface area contributed by atoms with Gasteiger partial charge in [0.2, 0.25) is 5.88 Å². The molecule has 0 aliphatic heterocycles. The van der Waals surface area contributed by atoms with Crippen LogP contribution in [0.25, 0.3) is 11.3 Å². The molecular formula is C20H21N5O3. The molecule has 0 atom stereocenters. The van der Waals surface area contributed by atoms with Crippen LogP contribution in [-0.4, -0.2) is 32.8 Å². The highest BCUT2D eigenvalue weighted by Gasteiger charge is 2.22. The highest BCUT2D eigenvalue weighted by atomic mass is 16.5. The van der Waals surface area contributed by atoms with E-state index in [0.29, 0.717) is 29.8 Å². The fourth-order valence-electron chi connectivity index (χ4n) is 2.71. The summed E-state index contributed by atoms with van der Waals surface area (Å²) in [5.74, 6) is 1.39. The molecule has 1 fully saturated rings. The van der Waals surface area contributed by atoms with E-state index in [1.807, 2.05) is 26.0 Å². The molecule has 1 amide bonds. The van der Waals surface area contributed by atoms with E-state index in [4.69, 9.17) is 9.26 Å². The number of hydrogen-bond acceptors (Lipinski definition) is 7. The molecule has 3 heterocycles. The average Bonchev–Trinajstić information content (AvgIpc) is 3.47. The molecule has 3 aromatic heterocycles. The summed E-state index contributed by atoms with van der Waals surface area (Å²) in [6.45, 7) is 4.68. The second-order valence-corrected chi connectivity index (χ2v) is 6.95. The fourth-order valence-corrected chi connectivity index (χ4v) is 2.71. The maximum atomic E-state index is 12.0. The van der Waals surface area contributed by atoms with Crippen molar-refractivity contribution in [2.45, 2.75) is 33.3 Å². The monoisotopic (exact) mass is 379 g/mol. The smallest absolute Gasteiger partial charge is 0.271 e. The van der Waals surface area contributed by atoms with E-state index in [2.05, 4.69) is 25.7 Å². The van der Waals surface area contributed by atoms with Crippen LogP contribution in [0.5, 0.6) is 5.88 Å². The maximum Gasteiger partial charge on any atom is 0.271 e. The van der Waals surface area contributed by atoms with Gasteiger partial charge in [0.05, 0.1) is 5.56 Å². The summed E-state index contributed by atoms with van der Waals surface area (Å²) in [5, 5.41) is 14.9. The number of carbonyl (C=O) groups excluding carboxylic acids is 1. The lowest BCUT2D eigenvalue weighted by molar-refractivity contribution is 0.0945. The number of rotatable bonds is 7. The summed E-state index contributed by atoms with van der Waals surface area (Å²) in [5.41, 5.74) is 3.57. The summed E-state index contributed by atoms with van der Waals surface area (Å²) < 4.78 is 11.1. The van der Waals surface area contributed by atoms with E-state index < -0.39 is 0 Å². The van der Waals surface area contributed by atoms with Gasteiger partial charge in [-0.2, -0.15) is 0 Å². The molecule has 1 N–H and O–H groups in total. The van der Waals surface area contributed by atoms with Crippen molar-refractivity contribution in [3.63, 3.8) is 0 Å². The summed E-state index contributed by atoms with van der Waals surface area (Å²) in [6, 6.07) is 7.10. The normalized spacial score (nSPS) is 13.4. The number of hydrogen-bond donors (Lipinski definition) is 1. The zero-order valence-corrected chi connectivity index (χ0v) is 15.8. The van der Waals surface area contributed by atoms with E-state index in [-0.39, 0.29) is 18.2 Å². The highest BCUT2D eigenvalue weighted by molar-refractivity contribution is 5.92. The van der Waals surface area contributed by atoms with Crippen LogP contribution in [0.4, 0.5) is 0 Å². The van der Waals surface area contributed by atoms with Crippen LogP contribution in [0.15, 0.2) is 35.0 Å². The number of aryl methyl sites for hydroxylation is 2. The molecule has 144 valence electrons. The Hall–Kier alpha value is -3.29. The van der Waals surface area contributed by atoms with Crippen molar-refractivity contribution in [3.8, 4) is 17.1 Å². The first-order valence-corrected chi connectivity index (χ1v) is 9.23. The fraction of sp³-hybridized carbons (Fsp3) is 0.350. The summed E-state index contributed by atoms with van der Waals surface area (Å²) >= 11 is 0. The Balaban J connectivity index is 1.41. The van der Waals surface area contributed by atoms with Gasteiger partial charge >= 0.3 is 0 Å². The van der Waals surface area contributed by atoms with E-state index >= 15 is 0 Å². The predicted molar refractivity (Wildman–Crippen MR) is 101 cm³/mol. The quantitative estimate of drug-likeness (QED) is 0.673. The molecule has 0 aromatic carbocycles. The lowest BCUT2D eigenvalue weighted by Gasteiger charge is -2.07. The number of amides is 1. The van der Waals surface area contributed by atoms with Crippen LogP contribution >= 0.6 is 0 Å². The minimum absolute atomic E-state index is 0.213. The number of pyridine rings is 1. The zero-order valence-electron chi connectivity index (χ0n) is 15.8. The molecule has 0 spiro atoms. The van der Waals surface area contributed by atoms with Crippen molar-refractivity contribution in [1.82, 2.24) is 25.7 Å². The van der Waals surface area contributed by atoms with Crippen LogP contribution in [0, 0.1) is 19.8 Å². The van der Waals surface area contributed by atoms with E-state index in [1.54, 1.807) is 18.3 Å². The van der Waals surface area contributed by atoms with Gasteiger partial charge in [-0.15, -0.1) is 10.2 Å². The summed E-state index contributed by atoms with van der Waals surface area (Å²) in [7, 11) is 0. The minimum Gasteiger partial charge on any atom is -0.472 e. The van der Waals surface area contributed by atoms with Gasteiger partial charge in [0.1, 0.15) is 18.1 Å². The number of nitrogens with one attached hydrogen (secondary N) is 1. The van der Waals surface area contributed by atoms with Crippen molar-refractivity contribution < 1.29 is 14.1 Å². The Labute approximate surface area is 162 Å². The topological polar surface area (TPSA) is 103 Å². The van der Waals surface area contributed by atoms with Gasteiger partial charge < -0.3 is 14.6 Å². The van der Waals surface area contributed by atoms with Crippen LogP contribution < -0.4 is 10.1 Å². The Bertz CT molecular complexity index is 963. The van der Waals surface area contributed by atoms with Crippen molar-refractivity contribution in [2.24, 2.45) is 5.92 Å². The van der Waals surface area contributed by atoms with Crippen molar-refractivity contribution in [3.05, 3.63) is 53.2 Å². The summed E-state index contributed by atoms with van der Waals surface area (Å²) in [4.78, 5) is 16.3. The molecule has 1 aliphatic rings. The second kappa shape index (κ2) is 7.75. The molecule has 3 aromatic rings. The third-order valence-corrected chi connectivity index (χ3v) is 4.65. The lowest BCUT2D eigenvalue weighted by Crippen LogP contribution is -2.26. The standard InChI is InChI=1S/C20H21N5O3/c1-12-3-6-15(10-21-12)19-16(13(2)28-25-19)11-27-18-8-7-17(23-24-18)20(26)22-9-14-4-5-14/h3,6-8,10,14H,4-5,9,11H2,1-2H3,(H,22,26). The first-order valence-electron chi connectivity index (χ1n) is 9.23. The molecule has 0 radical (unpaired) electrons. The number of carbonyl (C=O) groups is 1. The molecule has 0 bridgehead atoms. The highest BCUT2D eigenvalue weighted by Crippen LogP contribution is 2.28. The Kier molecular flexibility index (Phi) is 5.01. The molecule has 1 saturated carbocycles. The van der Waals surface area contributed by atoms with Crippen LogP contribution in [0.2, 0.25) is 0 Å². The Morgan fingerprint density at radius 1 is 1.21 bits per heavy atom. The molecule has 8 heteroatoms. The van der Waals surface area contributed by atoms with Gasteiger partial charge in [-0.3, -0.25) is 9.78 Å². The first kappa shape index (κ1) is 18.1. The zero-order chi connectivity index (χ0) is 19.5. The Morgan fingerprint density at radius 3 is 2.75 bits per heavy atom. The maximum absolute atomic E-state index is 12.0. The molecule has 8 nitrogen and oxygen atoms in total. The SMILES string of the molecule is Cc1ccc(-c2noc(C)c2COc2ccc(C(=O)NCC3CC3)nn2)cn1. The molecule has 4 rings (SSSR count). The van der Waals surface area contributed by atoms with Gasteiger partial charge in [-0.05, 0) is 50.8 Å².